The first-order valence-electron chi connectivity index (χ1n) is 5.40. The van der Waals surface area contributed by atoms with E-state index in [2.05, 4.69) is 0 Å². The molecule has 1 heterocycles. The lowest BCUT2D eigenvalue weighted by Crippen LogP contribution is -1.97. The van der Waals surface area contributed by atoms with Crippen molar-refractivity contribution in [3.05, 3.63) is 28.3 Å². The van der Waals surface area contributed by atoms with Crippen molar-refractivity contribution in [1.29, 1.82) is 0 Å². The quantitative estimate of drug-likeness (QED) is 0.837. The molecule has 0 unspecified atom stereocenters. The Morgan fingerprint density at radius 1 is 1.53 bits per heavy atom. The van der Waals surface area contributed by atoms with Gasteiger partial charge in [-0.2, -0.15) is 11.8 Å². The lowest BCUT2D eigenvalue weighted by atomic mass is 10.1. The van der Waals surface area contributed by atoms with Crippen molar-refractivity contribution < 1.29 is 14.6 Å². The molecule has 0 aromatic heterocycles. The Balaban J connectivity index is 1.98. The highest BCUT2D eigenvalue weighted by Gasteiger charge is 2.17. The van der Waals surface area contributed by atoms with Gasteiger partial charge in [-0.05, 0) is 17.7 Å². The molecule has 5 heteroatoms. The molecule has 1 aromatic rings. The minimum Gasteiger partial charge on any atom is -0.493 e. The number of ether oxygens (including phenoxy) is 1. The Kier molecular flexibility index (Phi) is 4.18. The second kappa shape index (κ2) is 5.65. The molecule has 0 bridgehead atoms. The monoisotopic (exact) mass is 272 g/mol. The van der Waals surface area contributed by atoms with Crippen molar-refractivity contribution in [2.45, 2.75) is 18.6 Å². The predicted octanol–water partition coefficient (Wildman–Crippen LogP) is 2.98. The molecular weight excluding hydrogens is 260 g/mol. The predicted molar refractivity (Wildman–Crippen MR) is 69.1 cm³/mol. The van der Waals surface area contributed by atoms with Gasteiger partial charge in [-0.1, -0.05) is 11.6 Å². The molecule has 0 atom stereocenters. The van der Waals surface area contributed by atoms with Crippen LogP contribution < -0.4 is 4.74 Å². The summed E-state index contributed by atoms with van der Waals surface area (Å²) in [4.78, 5) is 10.4. The molecule has 1 aliphatic heterocycles. The van der Waals surface area contributed by atoms with Crippen LogP contribution in [0.1, 0.15) is 17.5 Å². The van der Waals surface area contributed by atoms with Crippen LogP contribution in [0.4, 0.5) is 0 Å². The number of hydrogen-bond donors (Lipinski definition) is 1. The van der Waals surface area contributed by atoms with Gasteiger partial charge in [-0.25, -0.2) is 0 Å². The molecule has 0 spiro atoms. The molecule has 1 N–H and O–H groups in total. The largest absolute Gasteiger partial charge is 0.493 e. The number of carboxylic acids is 1. The van der Waals surface area contributed by atoms with E-state index in [9.17, 15) is 4.79 Å². The summed E-state index contributed by atoms with van der Waals surface area (Å²) < 4.78 is 5.57. The van der Waals surface area contributed by atoms with E-state index in [1.165, 1.54) is 0 Å². The van der Waals surface area contributed by atoms with E-state index in [0.29, 0.717) is 12.4 Å². The summed E-state index contributed by atoms with van der Waals surface area (Å²) in [6.45, 7) is 0.711. The topological polar surface area (TPSA) is 46.5 Å². The van der Waals surface area contributed by atoms with E-state index in [0.717, 1.165) is 34.1 Å². The number of halogens is 1. The molecule has 3 nitrogen and oxygen atoms in total. The smallest absolute Gasteiger partial charge is 0.304 e. The van der Waals surface area contributed by atoms with E-state index in [1.54, 1.807) is 11.8 Å². The van der Waals surface area contributed by atoms with Crippen molar-refractivity contribution in [3.63, 3.8) is 0 Å². The summed E-state index contributed by atoms with van der Waals surface area (Å²) in [5, 5.41) is 9.28. The number of thioether (sulfide) groups is 1. The number of benzene rings is 1. The standard InChI is InChI=1S/C12H13ClO3S/c13-10-5-8-1-3-16-12(8)9(6-10)7-17-4-2-11(14)15/h5-6H,1-4,7H2,(H,14,15). The van der Waals surface area contributed by atoms with Crippen LogP contribution in [0.3, 0.4) is 0 Å². The van der Waals surface area contributed by atoms with E-state index in [4.69, 9.17) is 21.4 Å². The molecule has 0 saturated carbocycles. The molecule has 92 valence electrons. The van der Waals surface area contributed by atoms with Gasteiger partial charge in [-0.15, -0.1) is 0 Å². The number of carbonyl (C=O) groups is 1. The first-order valence-corrected chi connectivity index (χ1v) is 6.93. The van der Waals surface area contributed by atoms with Gasteiger partial charge in [0.1, 0.15) is 5.75 Å². The fourth-order valence-corrected chi connectivity index (χ4v) is 2.96. The lowest BCUT2D eigenvalue weighted by Gasteiger charge is -2.08. The summed E-state index contributed by atoms with van der Waals surface area (Å²) in [5.41, 5.74) is 2.23. The molecule has 0 amide bonds. The molecule has 2 rings (SSSR count). The second-order valence-corrected chi connectivity index (χ2v) is 5.39. The zero-order chi connectivity index (χ0) is 12.3. The summed E-state index contributed by atoms with van der Waals surface area (Å²) >= 11 is 7.62. The Morgan fingerprint density at radius 3 is 3.12 bits per heavy atom. The third-order valence-corrected chi connectivity index (χ3v) is 3.77. The van der Waals surface area contributed by atoms with Crippen LogP contribution in [0.2, 0.25) is 5.02 Å². The van der Waals surface area contributed by atoms with Crippen LogP contribution in [0.5, 0.6) is 5.75 Å². The average molecular weight is 273 g/mol. The van der Waals surface area contributed by atoms with Crippen LogP contribution in [0.15, 0.2) is 12.1 Å². The fourth-order valence-electron chi connectivity index (χ4n) is 1.79. The maximum Gasteiger partial charge on any atom is 0.304 e. The molecule has 0 saturated heterocycles. The highest BCUT2D eigenvalue weighted by atomic mass is 35.5. The third-order valence-electron chi connectivity index (χ3n) is 2.54. The van der Waals surface area contributed by atoms with E-state index in [-0.39, 0.29) is 6.42 Å². The van der Waals surface area contributed by atoms with Gasteiger partial charge in [-0.3, -0.25) is 4.79 Å². The second-order valence-electron chi connectivity index (χ2n) is 3.85. The Hall–Kier alpha value is -0.870. The normalized spacial score (nSPS) is 13.2. The minimum atomic E-state index is -0.759. The van der Waals surface area contributed by atoms with Crippen molar-refractivity contribution in [3.8, 4) is 5.75 Å². The Bertz CT molecular complexity index is 434. The molecule has 1 aliphatic rings. The van der Waals surface area contributed by atoms with Gasteiger partial charge in [0.25, 0.3) is 0 Å². The number of hydrogen-bond acceptors (Lipinski definition) is 3. The summed E-state index contributed by atoms with van der Waals surface area (Å²) in [6, 6.07) is 3.84. The molecular formula is C12H13ClO3S. The van der Waals surface area contributed by atoms with Crippen molar-refractivity contribution >= 4 is 29.3 Å². The Labute approximate surface area is 109 Å². The maximum absolute atomic E-state index is 10.4. The number of rotatable bonds is 5. The van der Waals surface area contributed by atoms with E-state index >= 15 is 0 Å². The number of aliphatic carboxylic acids is 1. The van der Waals surface area contributed by atoms with Crippen LogP contribution in [-0.4, -0.2) is 23.4 Å². The van der Waals surface area contributed by atoms with Gasteiger partial charge in [0, 0.05) is 28.5 Å². The number of fused-ring (bicyclic) bond motifs is 1. The SMILES string of the molecule is O=C(O)CCSCc1cc(Cl)cc2c1OCC2. The van der Waals surface area contributed by atoms with Crippen molar-refractivity contribution in [2.24, 2.45) is 0 Å². The van der Waals surface area contributed by atoms with Gasteiger partial charge >= 0.3 is 5.97 Å². The Morgan fingerprint density at radius 2 is 2.35 bits per heavy atom. The molecule has 0 radical (unpaired) electrons. The lowest BCUT2D eigenvalue weighted by molar-refractivity contribution is -0.136. The fraction of sp³-hybridized carbons (Fsp3) is 0.417. The summed E-state index contributed by atoms with van der Waals surface area (Å²) in [5.74, 6) is 1.54. The third kappa shape index (κ3) is 3.30. The summed E-state index contributed by atoms with van der Waals surface area (Å²) in [7, 11) is 0. The average Bonchev–Trinajstić information content (AvgIpc) is 2.71. The summed E-state index contributed by atoms with van der Waals surface area (Å²) in [6.07, 6.45) is 1.09. The molecule has 1 aromatic carbocycles. The first kappa shape index (κ1) is 12.6. The highest BCUT2D eigenvalue weighted by Crippen LogP contribution is 2.34. The van der Waals surface area contributed by atoms with Crippen molar-refractivity contribution in [1.82, 2.24) is 0 Å². The zero-order valence-corrected chi connectivity index (χ0v) is 10.8. The van der Waals surface area contributed by atoms with Gasteiger partial charge in [0.15, 0.2) is 0 Å². The van der Waals surface area contributed by atoms with Crippen LogP contribution in [0, 0.1) is 0 Å². The maximum atomic E-state index is 10.4. The molecule has 17 heavy (non-hydrogen) atoms. The zero-order valence-electron chi connectivity index (χ0n) is 9.24. The van der Waals surface area contributed by atoms with E-state index < -0.39 is 5.97 Å². The van der Waals surface area contributed by atoms with Crippen LogP contribution >= 0.6 is 23.4 Å². The van der Waals surface area contributed by atoms with Gasteiger partial charge in [0.2, 0.25) is 0 Å². The highest BCUT2D eigenvalue weighted by molar-refractivity contribution is 7.98. The van der Waals surface area contributed by atoms with Crippen molar-refractivity contribution in [2.75, 3.05) is 12.4 Å². The molecule has 0 aliphatic carbocycles. The first-order chi connectivity index (χ1) is 8.16. The molecule has 0 fully saturated rings. The van der Waals surface area contributed by atoms with Gasteiger partial charge < -0.3 is 9.84 Å². The van der Waals surface area contributed by atoms with Crippen LogP contribution in [-0.2, 0) is 17.0 Å². The van der Waals surface area contributed by atoms with Crippen LogP contribution in [0.25, 0.3) is 0 Å². The number of carboxylic acid groups (broad SMARTS) is 1. The van der Waals surface area contributed by atoms with E-state index in [1.807, 2.05) is 12.1 Å². The van der Waals surface area contributed by atoms with Gasteiger partial charge in [0.05, 0.1) is 13.0 Å². The minimum absolute atomic E-state index is 0.189.